The van der Waals surface area contributed by atoms with Gasteiger partial charge in [-0.05, 0) is 0 Å². The van der Waals surface area contributed by atoms with Gasteiger partial charge in [0.2, 0.25) is 0 Å². The molecule has 0 amide bonds. The van der Waals surface area contributed by atoms with Crippen LogP contribution in [0.1, 0.15) is 0 Å². The summed E-state index contributed by atoms with van der Waals surface area (Å²) in [6.07, 6.45) is 5.12. The van der Waals surface area contributed by atoms with Crippen LogP contribution < -0.4 is 0 Å². The zero-order valence-corrected chi connectivity index (χ0v) is 6.24. The second-order valence-electron chi connectivity index (χ2n) is 0.624. The molecule has 0 aliphatic heterocycles. The Morgan fingerprint density at radius 3 is 0.818 bits per heavy atom. The molecular weight excluding hydrogens is 187 g/mol. The van der Waals surface area contributed by atoms with E-state index in [4.69, 9.17) is 21.0 Å². The van der Waals surface area contributed by atoms with E-state index in [0.717, 1.165) is 0 Å². The molecular formula is C4MnN6. The summed E-state index contributed by atoms with van der Waals surface area (Å²) in [6, 6.07) is 0. The smallest absolute Gasteiger partial charge is 0.385 e. The Hall–Kier alpha value is -1.92. The summed E-state index contributed by atoms with van der Waals surface area (Å²) >= 11 is 0. The Morgan fingerprint density at radius 2 is 0.818 bits per heavy atom. The van der Waals surface area contributed by atoms with Crippen LogP contribution in [-0.2, 0) is 17.1 Å². The molecule has 7 heteroatoms. The quantitative estimate of drug-likeness (QED) is 0.407. The Bertz CT molecular complexity index is 171. The molecule has 0 saturated heterocycles. The van der Waals surface area contributed by atoms with E-state index in [9.17, 15) is 0 Å². The molecule has 6 nitrogen and oxygen atoms in total. The van der Waals surface area contributed by atoms with Gasteiger partial charge >= 0.3 is 17.1 Å². The standard InChI is InChI=1S/2C2N3.Mn/c2*3-1-5-2-4;/q2*-1;+2. The first-order valence-corrected chi connectivity index (χ1v) is 1.79. The fourth-order valence-electron chi connectivity index (χ4n) is 0.0447. The molecule has 0 aromatic heterocycles. The molecule has 0 aromatic rings. The van der Waals surface area contributed by atoms with Gasteiger partial charge in [0.05, 0.1) is 0 Å². The van der Waals surface area contributed by atoms with E-state index in [1.165, 1.54) is 24.8 Å². The molecule has 0 aliphatic rings. The Kier molecular flexibility index (Phi) is 35.5. The maximum atomic E-state index is 7.43. The summed E-state index contributed by atoms with van der Waals surface area (Å²) in [6.45, 7) is 0. The van der Waals surface area contributed by atoms with Crippen molar-refractivity contribution in [3.63, 3.8) is 0 Å². The number of nitriles is 4. The molecule has 53 valence electrons. The summed E-state index contributed by atoms with van der Waals surface area (Å²) in [5, 5.41) is 34.9. The average molecular weight is 187 g/mol. The molecule has 0 spiro atoms. The van der Waals surface area contributed by atoms with Crippen molar-refractivity contribution in [2.75, 3.05) is 0 Å². The molecule has 0 bridgehead atoms. The van der Waals surface area contributed by atoms with Crippen LogP contribution in [0.3, 0.4) is 0 Å². The van der Waals surface area contributed by atoms with Gasteiger partial charge in [0, 0.05) is 24.8 Å². The molecule has 0 heterocycles. The normalized spacial score (nSPS) is 3.27. The van der Waals surface area contributed by atoms with Gasteiger partial charge in [-0.2, -0.15) is 0 Å². The topological polar surface area (TPSA) is 123 Å². The zero-order valence-electron chi connectivity index (χ0n) is 5.06. The molecule has 0 aromatic carbocycles. The molecule has 0 atom stereocenters. The molecule has 0 rings (SSSR count). The fraction of sp³-hybridized carbons (Fsp3) is 0. The zero-order chi connectivity index (χ0) is 8.24. The van der Waals surface area contributed by atoms with Crippen molar-refractivity contribution in [3.05, 3.63) is 10.6 Å². The summed E-state index contributed by atoms with van der Waals surface area (Å²) in [4.78, 5) is 0. The first-order chi connectivity index (χ1) is 4.83. The van der Waals surface area contributed by atoms with Gasteiger partial charge in [-0.1, -0.05) is 0 Å². The third kappa shape index (κ3) is 69.1. The van der Waals surface area contributed by atoms with Gasteiger partial charge in [0.25, 0.3) is 0 Å². The van der Waals surface area contributed by atoms with Gasteiger partial charge in [0.15, 0.2) is 0 Å². The second-order valence-corrected chi connectivity index (χ2v) is 0.624. The van der Waals surface area contributed by atoms with Crippen LogP contribution >= 0.6 is 0 Å². The predicted octanol–water partition coefficient (Wildman–Crippen LogP) is 0.642. The third-order valence-electron chi connectivity index (χ3n) is 0.200. The van der Waals surface area contributed by atoms with Crippen molar-refractivity contribution in [3.8, 4) is 24.8 Å². The van der Waals surface area contributed by atoms with Crippen molar-refractivity contribution in [1.29, 1.82) is 21.0 Å². The maximum absolute atomic E-state index is 7.43. The molecule has 0 unspecified atom stereocenters. The van der Waals surface area contributed by atoms with E-state index in [1.54, 1.807) is 0 Å². The van der Waals surface area contributed by atoms with E-state index in [-0.39, 0.29) is 17.1 Å². The summed E-state index contributed by atoms with van der Waals surface area (Å²) in [5.74, 6) is 0. The molecule has 11 heavy (non-hydrogen) atoms. The molecule has 0 N–H and O–H groups in total. The Labute approximate surface area is 74.1 Å². The van der Waals surface area contributed by atoms with E-state index in [1.807, 2.05) is 0 Å². The van der Waals surface area contributed by atoms with Crippen molar-refractivity contribution < 1.29 is 17.1 Å². The number of hydrogen-bond acceptors (Lipinski definition) is 4. The van der Waals surface area contributed by atoms with Crippen LogP contribution in [0, 0.1) is 45.8 Å². The first kappa shape index (κ1) is 16.0. The van der Waals surface area contributed by atoms with E-state index in [0.29, 0.717) is 0 Å². The van der Waals surface area contributed by atoms with Gasteiger partial charge < -0.3 is 21.0 Å². The number of hydrogen-bond donors (Lipinski definition) is 0. The van der Waals surface area contributed by atoms with E-state index in [2.05, 4.69) is 10.6 Å². The van der Waals surface area contributed by atoms with Crippen LogP contribution in [0.25, 0.3) is 10.6 Å². The summed E-state index contributed by atoms with van der Waals surface area (Å²) in [7, 11) is 0. The minimum Gasteiger partial charge on any atom is -0.385 e. The van der Waals surface area contributed by atoms with Gasteiger partial charge in [-0.25, -0.2) is 0 Å². The maximum Gasteiger partial charge on any atom is 2.00 e. The third-order valence-corrected chi connectivity index (χ3v) is 0.200. The van der Waals surface area contributed by atoms with Gasteiger partial charge in [-0.15, -0.1) is 0 Å². The van der Waals surface area contributed by atoms with E-state index < -0.39 is 0 Å². The van der Waals surface area contributed by atoms with Crippen molar-refractivity contribution in [2.24, 2.45) is 0 Å². The molecule has 0 aliphatic carbocycles. The minimum atomic E-state index is 0. The predicted molar refractivity (Wildman–Crippen MR) is 29.2 cm³/mol. The monoisotopic (exact) mass is 187 g/mol. The molecule has 0 fully saturated rings. The van der Waals surface area contributed by atoms with Gasteiger partial charge in [-0.3, -0.25) is 10.6 Å². The Morgan fingerprint density at radius 1 is 0.636 bits per heavy atom. The Balaban J connectivity index is -0.000000107. The average Bonchev–Trinajstić information content (AvgIpc) is 1.93. The van der Waals surface area contributed by atoms with Crippen LogP contribution in [0.2, 0.25) is 0 Å². The van der Waals surface area contributed by atoms with Gasteiger partial charge in [0.1, 0.15) is 0 Å². The van der Waals surface area contributed by atoms with Crippen molar-refractivity contribution in [2.45, 2.75) is 0 Å². The molecule has 0 saturated carbocycles. The van der Waals surface area contributed by atoms with E-state index >= 15 is 0 Å². The first-order valence-electron chi connectivity index (χ1n) is 1.79. The number of nitrogens with zero attached hydrogens (tertiary/aromatic N) is 6. The summed E-state index contributed by atoms with van der Waals surface area (Å²) in [5.41, 5.74) is 0. The van der Waals surface area contributed by atoms with Crippen LogP contribution in [-0.4, -0.2) is 0 Å². The second kappa shape index (κ2) is 24.3. The minimum absolute atomic E-state index is 0. The van der Waals surface area contributed by atoms with Crippen LogP contribution in [0.5, 0.6) is 0 Å². The molecule has 1 radical (unpaired) electrons. The van der Waals surface area contributed by atoms with Crippen LogP contribution in [0.4, 0.5) is 0 Å². The largest absolute Gasteiger partial charge is 2.00 e. The number of rotatable bonds is 0. The summed E-state index contributed by atoms with van der Waals surface area (Å²) < 4.78 is 0. The van der Waals surface area contributed by atoms with Crippen molar-refractivity contribution >= 4 is 0 Å². The van der Waals surface area contributed by atoms with Crippen LogP contribution in [0.15, 0.2) is 0 Å². The SMILES string of the molecule is N#C[N-]C#N.N#C[N-]C#N.[Mn+2]. The van der Waals surface area contributed by atoms with Crippen molar-refractivity contribution in [1.82, 2.24) is 0 Å². The fourth-order valence-corrected chi connectivity index (χ4v) is 0.0447.